The molecule has 4 nitrogen and oxygen atoms in total. The molecule has 0 aliphatic carbocycles. The standard InChI is InChI=1S/C15H20N2O2/c1-15(2)13-11-16(8-9-17(13)14(18)19-15)10-12-6-4-3-5-7-12/h3-7,13H,8-11H2,1-2H3. The molecule has 3 rings (SSSR count). The smallest absolute Gasteiger partial charge is 0.410 e. The highest BCUT2D eigenvalue weighted by Gasteiger charge is 2.49. The molecule has 0 bridgehead atoms. The molecule has 0 saturated carbocycles. The van der Waals surface area contributed by atoms with Crippen molar-refractivity contribution >= 4 is 6.09 Å². The molecule has 0 spiro atoms. The van der Waals surface area contributed by atoms with Crippen molar-refractivity contribution in [2.45, 2.75) is 32.0 Å². The van der Waals surface area contributed by atoms with Crippen LogP contribution in [0.1, 0.15) is 19.4 Å². The molecule has 0 radical (unpaired) electrons. The Morgan fingerprint density at radius 2 is 2.00 bits per heavy atom. The minimum absolute atomic E-state index is 0.158. The molecule has 19 heavy (non-hydrogen) atoms. The summed E-state index contributed by atoms with van der Waals surface area (Å²) >= 11 is 0. The van der Waals surface area contributed by atoms with Gasteiger partial charge >= 0.3 is 6.09 Å². The second-order valence-electron chi connectivity index (χ2n) is 5.90. The van der Waals surface area contributed by atoms with Crippen LogP contribution in [0.3, 0.4) is 0 Å². The van der Waals surface area contributed by atoms with Gasteiger partial charge in [0.2, 0.25) is 0 Å². The Balaban J connectivity index is 1.70. The Labute approximate surface area is 113 Å². The lowest BCUT2D eigenvalue weighted by Gasteiger charge is -2.39. The van der Waals surface area contributed by atoms with E-state index in [1.807, 2.05) is 24.8 Å². The molecule has 1 amide bonds. The van der Waals surface area contributed by atoms with E-state index in [0.717, 1.165) is 26.2 Å². The summed E-state index contributed by atoms with van der Waals surface area (Å²) in [6, 6.07) is 10.6. The van der Waals surface area contributed by atoms with Crippen molar-refractivity contribution in [1.29, 1.82) is 0 Å². The number of hydrogen-bond acceptors (Lipinski definition) is 3. The van der Waals surface area contributed by atoms with Crippen molar-refractivity contribution in [3.8, 4) is 0 Å². The van der Waals surface area contributed by atoms with Gasteiger partial charge in [-0.2, -0.15) is 0 Å². The Bertz CT molecular complexity index is 472. The number of piperazine rings is 1. The molecule has 0 N–H and O–H groups in total. The lowest BCUT2D eigenvalue weighted by Crippen LogP contribution is -2.55. The summed E-state index contributed by atoms with van der Waals surface area (Å²) in [7, 11) is 0. The number of hydrogen-bond donors (Lipinski definition) is 0. The molecular formula is C15H20N2O2. The Kier molecular flexibility index (Phi) is 2.97. The second-order valence-corrected chi connectivity index (χ2v) is 5.90. The van der Waals surface area contributed by atoms with E-state index >= 15 is 0 Å². The van der Waals surface area contributed by atoms with Gasteiger partial charge in [-0.1, -0.05) is 30.3 Å². The number of carbonyl (C=O) groups is 1. The highest BCUT2D eigenvalue weighted by molar-refractivity contribution is 5.71. The van der Waals surface area contributed by atoms with Gasteiger partial charge in [-0.3, -0.25) is 9.80 Å². The van der Waals surface area contributed by atoms with Crippen molar-refractivity contribution in [3.05, 3.63) is 35.9 Å². The topological polar surface area (TPSA) is 32.8 Å². The molecule has 0 aromatic heterocycles. The minimum Gasteiger partial charge on any atom is -0.441 e. The zero-order valence-corrected chi connectivity index (χ0v) is 11.5. The summed E-state index contributed by atoms with van der Waals surface area (Å²) in [6.45, 7) is 7.50. The highest BCUT2D eigenvalue weighted by atomic mass is 16.6. The largest absolute Gasteiger partial charge is 0.441 e. The normalized spacial score (nSPS) is 26.1. The predicted molar refractivity (Wildman–Crippen MR) is 72.8 cm³/mol. The van der Waals surface area contributed by atoms with E-state index in [9.17, 15) is 4.79 Å². The fourth-order valence-electron chi connectivity index (χ4n) is 2.99. The first kappa shape index (κ1) is 12.5. The molecule has 1 aromatic carbocycles. The molecule has 1 unspecified atom stereocenters. The van der Waals surface area contributed by atoms with Crippen LogP contribution in [0.5, 0.6) is 0 Å². The van der Waals surface area contributed by atoms with Gasteiger partial charge < -0.3 is 4.74 Å². The SMILES string of the molecule is CC1(C)OC(=O)N2CCN(Cc3ccccc3)CC21. The molecule has 2 fully saturated rings. The van der Waals surface area contributed by atoms with E-state index in [4.69, 9.17) is 4.74 Å². The maximum Gasteiger partial charge on any atom is 0.410 e. The number of fused-ring (bicyclic) bond motifs is 1. The molecule has 4 heteroatoms. The van der Waals surface area contributed by atoms with Gasteiger partial charge in [-0.25, -0.2) is 4.79 Å². The zero-order valence-electron chi connectivity index (χ0n) is 11.5. The highest BCUT2D eigenvalue weighted by Crippen LogP contribution is 2.32. The van der Waals surface area contributed by atoms with Crippen molar-refractivity contribution < 1.29 is 9.53 Å². The Morgan fingerprint density at radius 3 is 2.74 bits per heavy atom. The third kappa shape index (κ3) is 2.32. The van der Waals surface area contributed by atoms with Crippen molar-refractivity contribution in [1.82, 2.24) is 9.80 Å². The van der Waals surface area contributed by atoms with Crippen LogP contribution in [0.2, 0.25) is 0 Å². The van der Waals surface area contributed by atoms with Crippen LogP contribution >= 0.6 is 0 Å². The van der Waals surface area contributed by atoms with Crippen LogP contribution in [-0.4, -0.2) is 47.2 Å². The first-order valence-electron chi connectivity index (χ1n) is 6.82. The fourth-order valence-corrected chi connectivity index (χ4v) is 2.99. The molecule has 2 aliphatic heterocycles. The summed E-state index contributed by atoms with van der Waals surface area (Å²) < 4.78 is 5.45. The van der Waals surface area contributed by atoms with E-state index in [1.165, 1.54) is 5.56 Å². The van der Waals surface area contributed by atoms with E-state index in [0.29, 0.717) is 0 Å². The van der Waals surface area contributed by atoms with Crippen LogP contribution in [0.25, 0.3) is 0 Å². The first-order chi connectivity index (χ1) is 9.06. The fraction of sp³-hybridized carbons (Fsp3) is 0.533. The molecule has 1 aromatic rings. The molecule has 2 aliphatic rings. The summed E-state index contributed by atoms with van der Waals surface area (Å²) in [5, 5.41) is 0. The quantitative estimate of drug-likeness (QED) is 0.816. The average Bonchev–Trinajstić information content (AvgIpc) is 2.61. The Morgan fingerprint density at radius 1 is 1.26 bits per heavy atom. The number of nitrogens with zero attached hydrogens (tertiary/aromatic N) is 2. The average molecular weight is 260 g/mol. The van der Waals surface area contributed by atoms with Gasteiger partial charge in [0.05, 0.1) is 6.04 Å². The molecule has 2 saturated heterocycles. The predicted octanol–water partition coefficient (Wildman–Crippen LogP) is 2.10. The third-order valence-corrected chi connectivity index (χ3v) is 4.10. The monoisotopic (exact) mass is 260 g/mol. The van der Waals surface area contributed by atoms with E-state index in [1.54, 1.807) is 0 Å². The van der Waals surface area contributed by atoms with Gasteiger partial charge in [0.1, 0.15) is 5.60 Å². The van der Waals surface area contributed by atoms with Crippen LogP contribution in [0.4, 0.5) is 4.79 Å². The van der Waals surface area contributed by atoms with Crippen molar-refractivity contribution in [2.24, 2.45) is 0 Å². The van der Waals surface area contributed by atoms with Gasteiger partial charge in [-0.05, 0) is 19.4 Å². The number of rotatable bonds is 2. The lowest BCUT2D eigenvalue weighted by molar-refractivity contribution is 0.0421. The zero-order chi connectivity index (χ0) is 13.5. The van der Waals surface area contributed by atoms with Crippen LogP contribution < -0.4 is 0 Å². The number of ether oxygens (including phenoxy) is 1. The summed E-state index contributed by atoms with van der Waals surface area (Å²) in [5.74, 6) is 0. The molecule has 2 heterocycles. The van der Waals surface area contributed by atoms with E-state index in [-0.39, 0.29) is 17.7 Å². The number of carbonyl (C=O) groups excluding carboxylic acids is 1. The number of benzene rings is 1. The summed E-state index contributed by atoms with van der Waals surface area (Å²) in [4.78, 5) is 16.1. The maximum atomic E-state index is 11.8. The van der Waals surface area contributed by atoms with Gasteiger partial charge in [0.25, 0.3) is 0 Å². The van der Waals surface area contributed by atoms with Crippen molar-refractivity contribution in [2.75, 3.05) is 19.6 Å². The molecule has 1 atom stereocenters. The van der Waals surface area contributed by atoms with Crippen LogP contribution in [0, 0.1) is 0 Å². The second kappa shape index (κ2) is 4.53. The van der Waals surface area contributed by atoms with Crippen LogP contribution in [0.15, 0.2) is 30.3 Å². The third-order valence-electron chi connectivity index (χ3n) is 4.10. The minimum atomic E-state index is -0.382. The van der Waals surface area contributed by atoms with Crippen LogP contribution in [-0.2, 0) is 11.3 Å². The van der Waals surface area contributed by atoms with E-state index in [2.05, 4.69) is 29.2 Å². The van der Waals surface area contributed by atoms with Gasteiger partial charge in [0, 0.05) is 26.2 Å². The maximum absolute atomic E-state index is 11.8. The van der Waals surface area contributed by atoms with Gasteiger partial charge in [0.15, 0.2) is 0 Å². The molecular weight excluding hydrogens is 240 g/mol. The molecule has 102 valence electrons. The number of cyclic esters (lactones) is 1. The lowest BCUT2D eigenvalue weighted by atomic mass is 9.96. The summed E-state index contributed by atoms with van der Waals surface area (Å²) in [5.41, 5.74) is 0.936. The first-order valence-corrected chi connectivity index (χ1v) is 6.82. The van der Waals surface area contributed by atoms with Gasteiger partial charge in [-0.15, -0.1) is 0 Å². The summed E-state index contributed by atoms with van der Waals surface area (Å²) in [6.07, 6.45) is -0.158. The van der Waals surface area contributed by atoms with E-state index < -0.39 is 0 Å². The van der Waals surface area contributed by atoms with Crippen molar-refractivity contribution in [3.63, 3.8) is 0 Å². The Hall–Kier alpha value is -1.55. The number of amides is 1.